The Bertz CT molecular complexity index is 330. The van der Waals surface area contributed by atoms with E-state index in [0.29, 0.717) is 11.1 Å². The molecule has 0 amide bonds. The van der Waals surface area contributed by atoms with E-state index in [1.807, 2.05) is 20.8 Å². The highest BCUT2D eigenvalue weighted by atomic mass is 17.2. The second kappa shape index (κ2) is 3.51. The molecule has 16 heavy (non-hydrogen) atoms. The van der Waals surface area contributed by atoms with Gasteiger partial charge in [0.2, 0.25) is 0 Å². The highest BCUT2D eigenvalue weighted by Crippen LogP contribution is 2.48. The molecule has 92 valence electrons. The van der Waals surface area contributed by atoms with Crippen molar-refractivity contribution in [3.8, 4) is 0 Å². The highest BCUT2D eigenvalue weighted by molar-refractivity contribution is 5.40. The van der Waals surface area contributed by atoms with E-state index >= 15 is 0 Å². The van der Waals surface area contributed by atoms with Crippen molar-refractivity contribution >= 4 is 0 Å². The molecule has 0 spiro atoms. The summed E-state index contributed by atoms with van der Waals surface area (Å²) in [5, 5.41) is 30.6. The Kier molecular flexibility index (Phi) is 2.64. The average molecular weight is 230 g/mol. The summed E-state index contributed by atoms with van der Waals surface area (Å²) in [4.78, 5) is 9.60. The molecule has 1 heterocycles. The van der Waals surface area contributed by atoms with Gasteiger partial charge in [-0.05, 0) is 16.6 Å². The van der Waals surface area contributed by atoms with E-state index in [2.05, 4.69) is 0 Å². The third-order valence-electron chi connectivity index (χ3n) is 3.58. The van der Waals surface area contributed by atoms with Gasteiger partial charge >= 0.3 is 0 Å². The minimum absolute atomic E-state index is 0.0806. The molecule has 0 aromatic heterocycles. The van der Waals surface area contributed by atoms with Crippen molar-refractivity contribution in [2.45, 2.75) is 38.6 Å². The van der Waals surface area contributed by atoms with E-state index in [1.54, 1.807) is 0 Å². The predicted octanol–water partition coefficient (Wildman–Crippen LogP) is -0.243. The molecule has 0 unspecified atom stereocenters. The normalized spacial score (nSPS) is 40.1. The second-order valence-corrected chi connectivity index (χ2v) is 5.43. The monoisotopic (exact) mass is 230 g/mol. The standard InChI is InChI=1S/C11H18O5/c1-10(2,3)11(14)7-5-16-15-4-6(7)8(12)9(11)13/h8-9,12-14H,4-5H2,1-3H3/t8-,9-,11-/m0/s1. The van der Waals surface area contributed by atoms with Crippen molar-refractivity contribution in [2.75, 3.05) is 13.2 Å². The Morgan fingerprint density at radius 1 is 1.19 bits per heavy atom. The van der Waals surface area contributed by atoms with Gasteiger partial charge in [-0.3, -0.25) is 0 Å². The Morgan fingerprint density at radius 2 is 1.75 bits per heavy atom. The van der Waals surface area contributed by atoms with Gasteiger partial charge in [-0.25, -0.2) is 9.78 Å². The first-order valence-corrected chi connectivity index (χ1v) is 5.35. The summed E-state index contributed by atoms with van der Waals surface area (Å²) in [6.07, 6.45) is -2.31. The maximum absolute atomic E-state index is 10.7. The van der Waals surface area contributed by atoms with Crippen molar-refractivity contribution in [3.63, 3.8) is 0 Å². The highest BCUT2D eigenvalue weighted by Gasteiger charge is 2.58. The van der Waals surface area contributed by atoms with Crippen molar-refractivity contribution < 1.29 is 25.1 Å². The van der Waals surface area contributed by atoms with Crippen molar-refractivity contribution in [1.82, 2.24) is 0 Å². The molecular weight excluding hydrogens is 212 g/mol. The van der Waals surface area contributed by atoms with Crippen LogP contribution >= 0.6 is 0 Å². The number of hydrogen-bond acceptors (Lipinski definition) is 5. The van der Waals surface area contributed by atoms with Crippen LogP contribution in [0, 0.1) is 5.41 Å². The van der Waals surface area contributed by atoms with E-state index in [4.69, 9.17) is 9.78 Å². The van der Waals surface area contributed by atoms with Crippen molar-refractivity contribution in [3.05, 3.63) is 11.1 Å². The fourth-order valence-electron chi connectivity index (χ4n) is 2.50. The van der Waals surface area contributed by atoms with Gasteiger partial charge in [0.1, 0.15) is 31.0 Å². The topological polar surface area (TPSA) is 79.2 Å². The number of hydrogen-bond donors (Lipinski definition) is 3. The van der Waals surface area contributed by atoms with Crippen LogP contribution < -0.4 is 0 Å². The number of aliphatic hydroxyl groups excluding tert-OH is 2. The molecule has 1 aliphatic carbocycles. The number of aliphatic hydroxyl groups is 3. The zero-order valence-corrected chi connectivity index (χ0v) is 9.73. The zero-order chi connectivity index (χ0) is 12.1. The maximum Gasteiger partial charge on any atom is 0.122 e. The third kappa shape index (κ3) is 1.36. The molecule has 5 heteroatoms. The van der Waals surface area contributed by atoms with Crippen LogP contribution in [0.15, 0.2) is 11.1 Å². The Hall–Kier alpha value is -0.460. The lowest BCUT2D eigenvalue weighted by molar-refractivity contribution is -0.292. The van der Waals surface area contributed by atoms with Crippen molar-refractivity contribution in [2.24, 2.45) is 5.41 Å². The van der Waals surface area contributed by atoms with Crippen LogP contribution in [0.25, 0.3) is 0 Å². The van der Waals surface area contributed by atoms with Crippen LogP contribution in [0.2, 0.25) is 0 Å². The summed E-state index contributed by atoms with van der Waals surface area (Å²) in [5.41, 5.74) is -0.973. The first-order valence-electron chi connectivity index (χ1n) is 5.35. The third-order valence-corrected chi connectivity index (χ3v) is 3.58. The first-order chi connectivity index (χ1) is 7.30. The summed E-state index contributed by atoms with van der Waals surface area (Å²) in [6.45, 7) is 5.61. The molecule has 0 saturated carbocycles. The SMILES string of the molecule is CC(C)(C)[C@]1(O)C2=C(COOC2)[C@H](O)[C@@H]1O. The van der Waals surface area contributed by atoms with E-state index in [1.165, 1.54) is 0 Å². The number of rotatable bonds is 0. The Balaban J connectivity index is 2.50. The van der Waals surface area contributed by atoms with Crippen LogP contribution in [0.4, 0.5) is 0 Å². The van der Waals surface area contributed by atoms with Crippen LogP contribution in [0.3, 0.4) is 0 Å². The molecule has 0 bridgehead atoms. The molecule has 2 rings (SSSR count). The van der Waals surface area contributed by atoms with Gasteiger partial charge < -0.3 is 15.3 Å². The zero-order valence-electron chi connectivity index (χ0n) is 9.73. The van der Waals surface area contributed by atoms with E-state index in [9.17, 15) is 15.3 Å². The minimum Gasteiger partial charge on any atom is -0.387 e. The van der Waals surface area contributed by atoms with Crippen LogP contribution in [-0.2, 0) is 9.78 Å². The first kappa shape index (κ1) is 12.0. The van der Waals surface area contributed by atoms with E-state index in [-0.39, 0.29) is 13.2 Å². The lowest BCUT2D eigenvalue weighted by Crippen LogP contribution is -2.54. The molecule has 1 aliphatic heterocycles. The summed E-state index contributed by atoms with van der Waals surface area (Å²) < 4.78 is 0. The molecule has 0 radical (unpaired) electrons. The van der Waals surface area contributed by atoms with Gasteiger partial charge in [-0.2, -0.15) is 0 Å². The summed E-state index contributed by atoms with van der Waals surface area (Å²) in [6, 6.07) is 0. The van der Waals surface area contributed by atoms with E-state index in [0.717, 1.165) is 0 Å². The molecule has 0 aromatic carbocycles. The molecule has 3 atom stereocenters. The summed E-state index contributed by atoms with van der Waals surface area (Å²) >= 11 is 0. The largest absolute Gasteiger partial charge is 0.387 e. The molecule has 5 nitrogen and oxygen atoms in total. The Labute approximate surface area is 94.2 Å². The second-order valence-electron chi connectivity index (χ2n) is 5.43. The van der Waals surface area contributed by atoms with Crippen LogP contribution in [0.1, 0.15) is 20.8 Å². The smallest absolute Gasteiger partial charge is 0.122 e. The van der Waals surface area contributed by atoms with Gasteiger partial charge in [0.25, 0.3) is 0 Å². The van der Waals surface area contributed by atoms with Gasteiger partial charge in [0.15, 0.2) is 0 Å². The summed E-state index contributed by atoms with van der Waals surface area (Å²) in [5.74, 6) is 0. The summed E-state index contributed by atoms with van der Waals surface area (Å²) in [7, 11) is 0. The van der Waals surface area contributed by atoms with Gasteiger partial charge in [-0.1, -0.05) is 20.8 Å². The quantitative estimate of drug-likeness (QED) is 0.395. The van der Waals surface area contributed by atoms with E-state index < -0.39 is 23.2 Å². The molecular formula is C11H18O5. The lowest BCUT2D eigenvalue weighted by Gasteiger charge is -2.42. The van der Waals surface area contributed by atoms with Crippen LogP contribution in [0.5, 0.6) is 0 Å². The van der Waals surface area contributed by atoms with Gasteiger partial charge in [-0.15, -0.1) is 0 Å². The lowest BCUT2D eigenvalue weighted by atomic mass is 9.71. The maximum atomic E-state index is 10.7. The van der Waals surface area contributed by atoms with Gasteiger partial charge in [0, 0.05) is 0 Å². The molecule has 2 aliphatic rings. The van der Waals surface area contributed by atoms with Gasteiger partial charge in [0.05, 0.1) is 0 Å². The molecule has 0 saturated heterocycles. The Morgan fingerprint density at radius 3 is 2.31 bits per heavy atom. The predicted molar refractivity (Wildman–Crippen MR) is 55.3 cm³/mol. The fraction of sp³-hybridized carbons (Fsp3) is 0.818. The minimum atomic E-state index is -1.47. The molecule has 3 N–H and O–H groups in total. The van der Waals surface area contributed by atoms with Crippen molar-refractivity contribution in [1.29, 1.82) is 0 Å². The molecule has 0 aromatic rings. The average Bonchev–Trinajstić information content (AvgIpc) is 2.42. The van der Waals surface area contributed by atoms with Crippen LogP contribution in [-0.4, -0.2) is 46.3 Å². The fourth-order valence-corrected chi connectivity index (χ4v) is 2.50. The molecule has 0 fully saturated rings.